The Hall–Kier alpha value is -0.570. The smallest absolute Gasteiger partial charge is 0.239 e. The second-order valence-electron chi connectivity index (χ2n) is 5.57. The Morgan fingerprint density at radius 1 is 1.47 bits per heavy atom. The summed E-state index contributed by atoms with van der Waals surface area (Å²) in [6.07, 6.45) is 2.12. The summed E-state index contributed by atoms with van der Waals surface area (Å²) in [6, 6.07) is 0.0612. The van der Waals surface area contributed by atoms with E-state index in [2.05, 4.69) is 33.0 Å². The summed E-state index contributed by atoms with van der Waals surface area (Å²) < 4.78 is 0. The molecule has 0 aromatic carbocycles. The first kappa shape index (κ1) is 12.5. The number of carbonyl (C=O) groups is 1. The van der Waals surface area contributed by atoms with Crippen LogP contribution in [0.15, 0.2) is 0 Å². The van der Waals surface area contributed by atoms with Gasteiger partial charge in [0.1, 0.15) is 0 Å². The second-order valence-corrected chi connectivity index (χ2v) is 5.57. The molecule has 1 aliphatic heterocycles. The van der Waals surface area contributed by atoms with Crippen LogP contribution in [0.3, 0.4) is 0 Å². The summed E-state index contributed by atoms with van der Waals surface area (Å²) >= 11 is 0. The maximum absolute atomic E-state index is 12.1. The van der Waals surface area contributed by atoms with Crippen LogP contribution in [0.2, 0.25) is 0 Å². The van der Waals surface area contributed by atoms with E-state index in [4.69, 9.17) is 0 Å². The van der Waals surface area contributed by atoms with Gasteiger partial charge in [0.15, 0.2) is 0 Å². The van der Waals surface area contributed by atoms with Crippen LogP contribution in [0.25, 0.3) is 0 Å². The van der Waals surface area contributed by atoms with Gasteiger partial charge >= 0.3 is 0 Å². The molecule has 1 amide bonds. The molecule has 1 unspecified atom stereocenters. The molecule has 3 nitrogen and oxygen atoms in total. The van der Waals surface area contributed by atoms with Gasteiger partial charge in [0.05, 0.1) is 6.04 Å². The summed E-state index contributed by atoms with van der Waals surface area (Å²) in [5, 5.41) is 3.26. The lowest BCUT2D eigenvalue weighted by Crippen LogP contribution is -2.52. The monoisotopic (exact) mass is 212 g/mol. The SMILES string of the molecule is CCNC1CCCN(CC(C)(C)C)C1=O. The number of piperidine rings is 1. The van der Waals surface area contributed by atoms with Crippen molar-refractivity contribution in [3.05, 3.63) is 0 Å². The van der Waals surface area contributed by atoms with E-state index < -0.39 is 0 Å². The molecule has 88 valence electrons. The lowest BCUT2D eigenvalue weighted by atomic mass is 9.94. The molecule has 15 heavy (non-hydrogen) atoms. The van der Waals surface area contributed by atoms with E-state index >= 15 is 0 Å². The number of likely N-dealkylation sites (tertiary alicyclic amines) is 1. The van der Waals surface area contributed by atoms with Gasteiger partial charge in [0, 0.05) is 13.1 Å². The molecule has 0 spiro atoms. The zero-order valence-electron chi connectivity index (χ0n) is 10.5. The maximum Gasteiger partial charge on any atom is 0.239 e. The fraction of sp³-hybridized carbons (Fsp3) is 0.917. The number of hydrogen-bond acceptors (Lipinski definition) is 2. The molecule has 1 atom stereocenters. The molecule has 1 aliphatic rings. The zero-order valence-corrected chi connectivity index (χ0v) is 10.5. The van der Waals surface area contributed by atoms with E-state index in [9.17, 15) is 4.79 Å². The first-order valence-electron chi connectivity index (χ1n) is 5.96. The number of hydrogen-bond donors (Lipinski definition) is 1. The molecule has 1 heterocycles. The molecule has 0 bridgehead atoms. The van der Waals surface area contributed by atoms with E-state index in [1.54, 1.807) is 0 Å². The van der Waals surface area contributed by atoms with Gasteiger partial charge in [-0.1, -0.05) is 27.7 Å². The number of likely N-dealkylation sites (N-methyl/N-ethyl adjacent to an activating group) is 1. The van der Waals surface area contributed by atoms with Crippen LogP contribution >= 0.6 is 0 Å². The third kappa shape index (κ3) is 3.82. The van der Waals surface area contributed by atoms with Crippen LogP contribution in [0.4, 0.5) is 0 Å². The quantitative estimate of drug-likeness (QED) is 0.771. The maximum atomic E-state index is 12.1. The van der Waals surface area contributed by atoms with E-state index in [-0.39, 0.29) is 17.4 Å². The van der Waals surface area contributed by atoms with Crippen molar-refractivity contribution >= 4 is 5.91 Å². The summed E-state index contributed by atoms with van der Waals surface area (Å²) in [5.41, 5.74) is 0.198. The van der Waals surface area contributed by atoms with Crippen LogP contribution in [0.1, 0.15) is 40.5 Å². The van der Waals surface area contributed by atoms with Crippen molar-refractivity contribution < 1.29 is 4.79 Å². The number of carbonyl (C=O) groups excluding carboxylic acids is 1. The third-order valence-corrected chi connectivity index (χ3v) is 2.65. The number of nitrogens with zero attached hydrogens (tertiary/aromatic N) is 1. The Labute approximate surface area is 93.2 Å². The van der Waals surface area contributed by atoms with Gasteiger partial charge < -0.3 is 10.2 Å². The third-order valence-electron chi connectivity index (χ3n) is 2.65. The van der Waals surface area contributed by atoms with E-state index in [0.717, 1.165) is 32.5 Å². The van der Waals surface area contributed by atoms with E-state index in [0.29, 0.717) is 0 Å². The van der Waals surface area contributed by atoms with Crippen molar-refractivity contribution in [2.45, 2.75) is 46.6 Å². The molecule has 3 heteroatoms. The molecule has 0 aromatic heterocycles. The fourth-order valence-corrected chi connectivity index (χ4v) is 2.11. The summed E-state index contributed by atoms with van der Waals surface area (Å²) in [7, 11) is 0. The molecular weight excluding hydrogens is 188 g/mol. The van der Waals surface area contributed by atoms with Gasteiger partial charge in [-0.3, -0.25) is 4.79 Å². The van der Waals surface area contributed by atoms with Crippen molar-refractivity contribution in [2.24, 2.45) is 5.41 Å². The summed E-state index contributed by atoms with van der Waals surface area (Å²) in [5.74, 6) is 0.290. The molecule has 1 N–H and O–H groups in total. The standard InChI is InChI=1S/C12H24N2O/c1-5-13-10-7-6-8-14(11(10)15)9-12(2,3)4/h10,13H,5-9H2,1-4H3. The van der Waals surface area contributed by atoms with Crippen LogP contribution < -0.4 is 5.32 Å². The minimum atomic E-state index is 0.0612. The van der Waals surface area contributed by atoms with Crippen molar-refractivity contribution in [2.75, 3.05) is 19.6 Å². The van der Waals surface area contributed by atoms with Crippen molar-refractivity contribution in [1.29, 1.82) is 0 Å². The lowest BCUT2D eigenvalue weighted by Gasteiger charge is -2.36. The Morgan fingerprint density at radius 2 is 2.13 bits per heavy atom. The lowest BCUT2D eigenvalue weighted by molar-refractivity contribution is -0.137. The van der Waals surface area contributed by atoms with Crippen molar-refractivity contribution in [3.8, 4) is 0 Å². The minimum absolute atomic E-state index is 0.0612. The molecule has 0 aromatic rings. The average Bonchev–Trinajstić information content (AvgIpc) is 2.10. The van der Waals surface area contributed by atoms with Crippen LogP contribution in [-0.2, 0) is 4.79 Å². The molecule has 1 saturated heterocycles. The highest BCUT2D eigenvalue weighted by molar-refractivity contribution is 5.82. The van der Waals surface area contributed by atoms with Gasteiger partial charge in [0.2, 0.25) is 5.91 Å². The first-order chi connectivity index (χ1) is 6.94. The Morgan fingerprint density at radius 3 is 2.67 bits per heavy atom. The van der Waals surface area contributed by atoms with Gasteiger partial charge in [0.25, 0.3) is 0 Å². The molecule has 1 fully saturated rings. The molecule has 1 rings (SSSR count). The average molecular weight is 212 g/mol. The largest absolute Gasteiger partial charge is 0.341 e. The predicted molar refractivity (Wildman–Crippen MR) is 62.7 cm³/mol. The fourth-order valence-electron chi connectivity index (χ4n) is 2.11. The Kier molecular flexibility index (Phi) is 4.14. The first-order valence-corrected chi connectivity index (χ1v) is 5.96. The highest BCUT2D eigenvalue weighted by atomic mass is 16.2. The van der Waals surface area contributed by atoms with Gasteiger partial charge in [-0.15, -0.1) is 0 Å². The summed E-state index contributed by atoms with van der Waals surface area (Å²) in [4.78, 5) is 14.1. The van der Waals surface area contributed by atoms with Crippen molar-refractivity contribution in [1.82, 2.24) is 10.2 Å². The molecule has 0 saturated carbocycles. The van der Waals surface area contributed by atoms with Gasteiger partial charge in [-0.05, 0) is 24.8 Å². The second kappa shape index (κ2) is 4.97. The highest BCUT2D eigenvalue weighted by Crippen LogP contribution is 2.19. The van der Waals surface area contributed by atoms with Crippen LogP contribution in [-0.4, -0.2) is 36.5 Å². The highest BCUT2D eigenvalue weighted by Gasteiger charge is 2.30. The normalized spacial score (nSPS) is 23.3. The van der Waals surface area contributed by atoms with Gasteiger partial charge in [-0.25, -0.2) is 0 Å². The zero-order chi connectivity index (χ0) is 11.5. The number of rotatable bonds is 3. The predicted octanol–water partition coefficient (Wildman–Crippen LogP) is 1.63. The number of amides is 1. The summed E-state index contributed by atoms with van der Waals surface area (Å²) in [6.45, 7) is 11.3. The molecule has 0 radical (unpaired) electrons. The van der Waals surface area contributed by atoms with Crippen molar-refractivity contribution in [3.63, 3.8) is 0 Å². The minimum Gasteiger partial charge on any atom is -0.341 e. The topological polar surface area (TPSA) is 32.3 Å². The molecule has 0 aliphatic carbocycles. The van der Waals surface area contributed by atoms with Crippen LogP contribution in [0, 0.1) is 5.41 Å². The Bertz CT molecular complexity index is 218. The van der Waals surface area contributed by atoms with E-state index in [1.807, 2.05) is 4.90 Å². The Balaban J connectivity index is 2.55. The van der Waals surface area contributed by atoms with E-state index in [1.165, 1.54) is 0 Å². The van der Waals surface area contributed by atoms with Gasteiger partial charge in [-0.2, -0.15) is 0 Å². The van der Waals surface area contributed by atoms with Crippen LogP contribution in [0.5, 0.6) is 0 Å². The number of nitrogens with one attached hydrogen (secondary N) is 1. The molecular formula is C12H24N2O.